The second kappa shape index (κ2) is 6.97. The van der Waals surface area contributed by atoms with Crippen molar-refractivity contribution in [1.29, 1.82) is 0 Å². The molecule has 28 heavy (non-hydrogen) atoms. The summed E-state index contributed by atoms with van der Waals surface area (Å²) < 4.78 is 3.06. The number of nitrogens with zero attached hydrogens (tertiary/aromatic N) is 3. The molecule has 4 rings (SSSR count). The van der Waals surface area contributed by atoms with Gasteiger partial charge in [-0.1, -0.05) is 42.5 Å². The first-order valence-electron chi connectivity index (χ1n) is 9.04. The molecule has 0 saturated carbocycles. The minimum Gasteiger partial charge on any atom is -0.392 e. The summed E-state index contributed by atoms with van der Waals surface area (Å²) in [6.45, 7) is 2.32. The van der Waals surface area contributed by atoms with Crippen molar-refractivity contribution in [2.45, 2.75) is 19.6 Å². The van der Waals surface area contributed by atoms with E-state index in [1.807, 2.05) is 42.5 Å². The minimum absolute atomic E-state index is 0.269. The highest BCUT2D eigenvalue weighted by molar-refractivity contribution is 5.86. The molecular formula is C20H21N5O3. The molecule has 4 aromatic rings. The zero-order chi connectivity index (χ0) is 19.8. The molecule has 0 fully saturated rings. The van der Waals surface area contributed by atoms with E-state index in [9.17, 15) is 14.7 Å². The van der Waals surface area contributed by atoms with Gasteiger partial charge in [0.1, 0.15) is 0 Å². The van der Waals surface area contributed by atoms with Crippen LogP contribution in [0.5, 0.6) is 0 Å². The molecule has 3 N–H and O–H groups in total. The summed E-state index contributed by atoms with van der Waals surface area (Å²) in [5, 5.41) is 14.9. The number of aromatic amines is 1. The molecule has 2 heterocycles. The van der Waals surface area contributed by atoms with Gasteiger partial charge in [0.15, 0.2) is 11.2 Å². The molecular weight excluding hydrogens is 358 g/mol. The first kappa shape index (κ1) is 18.0. The summed E-state index contributed by atoms with van der Waals surface area (Å²) in [7, 11) is 1.56. The molecule has 0 aliphatic rings. The number of rotatable bonds is 5. The van der Waals surface area contributed by atoms with Crippen molar-refractivity contribution < 1.29 is 5.11 Å². The van der Waals surface area contributed by atoms with Gasteiger partial charge >= 0.3 is 5.69 Å². The Morgan fingerprint density at radius 1 is 1.18 bits per heavy atom. The van der Waals surface area contributed by atoms with Gasteiger partial charge in [0.2, 0.25) is 5.95 Å². The Bertz CT molecular complexity index is 1280. The average molecular weight is 379 g/mol. The summed E-state index contributed by atoms with van der Waals surface area (Å²) >= 11 is 0. The predicted octanol–water partition coefficient (Wildman–Crippen LogP) is 1.42. The summed E-state index contributed by atoms with van der Waals surface area (Å²) in [5.41, 5.74) is 0.612. The van der Waals surface area contributed by atoms with Crippen LogP contribution in [0.1, 0.15) is 12.5 Å². The Morgan fingerprint density at radius 3 is 2.71 bits per heavy atom. The van der Waals surface area contributed by atoms with Gasteiger partial charge < -0.3 is 10.4 Å². The monoisotopic (exact) mass is 379 g/mol. The molecule has 0 spiro atoms. The van der Waals surface area contributed by atoms with Crippen LogP contribution in [0.25, 0.3) is 21.9 Å². The molecule has 8 heteroatoms. The van der Waals surface area contributed by atoms with E-state index in [0.29, 0.717) is 23.7 Å². The summed E-state index contributed by atoms with van der Waals surface area (Å²) in [5.74, 6) is 0.426. The molecule has 0 unspecified atom stereocenters. The standard InChI is InChI=1S/C20H21N5O3/c1-12(26)10-21-19-22-17-16(18(27)23-20(28)24(17)2)25(19)11-14-8-5-7-13-6-3-4-9-15(13)14/h3-9,12,26H,10-11H2,1-2H3,(H,21,22)(H,23,27,28)/t12-/m1/s1. The Hall–Kier alpha value is -3.39. The van der Waals surface area contributed by atoms with E-state index < -0.39 is 17.4 Å². The fourth-order valence-electron chi connectivity index (χ4n) is 3.36. The van der Waals surface area contributed by atoms with Gasteiger partial charge in [-0.3, -0.25) is 18.9 Å². The number of hydrogen-bond acceptors (Lipinski definition) is 5. The number of H-pyrrole nitrogens is 1. The van der Waals surface area contributed by atoms with Crippen molar-refractivity contribution in [3.8, 4) is 0 Å². The van der Waals surface area contributed by atoms with Crippen LogP contribution < -0.4 is 16.6 Å². The van der Waals surface area contributed by atoms with Crippen LogP contribution in [0.4, 0.5) is 5.95 Å². The van der Waals surface area contributed by atoms with Gasteiger partial charge in [0.05, 0.1) is 12.6 Å². The number of fused-ring (bicyclic) bond motifs is 2. The van der Waals surface area contributed by atoms with E-state index in [4.69, 9.17) is 0 Å². The third-order valence-corrected chi connectivity index (χ3v) is 4.77. The molecule has 0 aliphatic carbocycles. The van der Waals surface area contributed by atoms with E-state index in [-0.39, 0.29) is 6.54 Å². The molecule has 2 aromatic carbocycles. The minimum atomic E-state index is -0.590. The van der Waals surface area contributed by atoms with E-state index in [0.717, 1.165) is 16.3 Å². The molecule has 0 bridgehead atoms. The lowest BCUT2D eigenvalue weighted by atomic mass is 10.0. The topological polar surface area (TPSA) is 105 Å². The number of nitrogens with one attached hydrogen (secondary N) is 2. The van der Waals surface area contributed by atoms with Crippen LogP contribution in [0.15, 0.2) is 52.1 Å². The van der Waals surface area contributed by atoms with Crippen molar-refractivity contribution in [3.05, 3.63) is 68.9 Å². The number of benzene rings is 2. The van der Waals surface area contributed by atoms with Gasteiger partial charge in [-0.25, -0.2) is 4.79 Å². The molecule has 2 aromatic heterocycles. The van der Waals surface area contributed by atoms with Crippen molar-refractivity contribution >= 4 is 27.9 Å². The smallest absolute Gasteiger partial charge is 0.329 e. The number of aliphatic hydroxyl groups is 1. The molecule has 1 atom stereocenters. The Morgan fingerprint density at radius 2 is 1.93 bits per heavy atom. The van der Waals surface area contributed by atoms with Crippen LogP contribution in [-0.2, 0) is 13.6 Å². The first-order chi connectivity index (χ1) is 13.5. The maximum atomic E-state index is 12.6. The average Bonchev–Trinajstić information content (AvgIpc) is 3.04. The predicted molar refractivity (Wildman–Crippen MR) is 109 cm³/mol. The number of anilines is 1. The number of imidazole rings is 1. The lowest BCUT2D eigenvalue weighted by molar-refractivity contribution is 0.208. The fourth-order valence-corrected chi connectivity index (χ4v) is 3.36. The molecule has 0 saturated heterocycles. The Labute approximate surface area is 160 Å². The highest BCUT2D eigenvalue weighted by Gasteiger charge is 2.18. The fraction of sp³-hybridized carbons (Fsp3) is 0.250. The van der Waals surface area contributed by atoms with Crippen LogP contribution in [0.2, 0.25) is 0 Å². The van der Waals surface area contributed by atoms with Crippen LogP contribution >= 0.6 is 0 Å². The summed E-state index contributed by atoms with van der Waals surface area (Å²) in [4.78, 5) is 31.3. The highest BCUT2D eigenvalue weighted by atomic mass is 16.3. The summed E-state index contributed by atoms with van der Waals surface area (Å²) in [6, 6.07) is 14.0. The molecule has 0 amide bonds. The van der Waals surface area contributed by atoms with Gasteiger partial charge in [0.25, 0.3) is 5.56 Å². The number of aliphatic hydroxyl groups excluding tert-OH is 1. The first-order valence-corrected chi connectivity index (χ1v) is 9.04. The lowest BCUT2D eigenvalue weighted by Crippen LogP contribution is -2.29. The van der Waals surface area contributed by atoms with Gasteiger partial charge in [-0.15, -0.1) is 0 Å². The molecule has 8 nitrogen and oxygen atoms in total. The van der Waals surface area contributed by atoms with Crippen LogP contribution in [0, 0.1) is 0 Å². The maximum absolute atomic E-state index is 12.6. The van der Waals surface area contributed by atoms with Crippen molar-refractivity contribution in [1.82, 2.24) is 19.1 Å². The number of aryl methyl sites for hydroxylation is 1. The molecule has 144 valence electrons. The largest absolute Gasteiger partial charge is 0.392 e. The second-order valence-corrected chi connectivity index (χ2v) is 6.88. The zero-order valence-electron chi connectivity index (χ0n) is 15.6. The van der Waals surface area contributed by atoms with Crippen LogP contribution in [-0.4, -0.2) is 36.9 Å². The van der Waals surface area contributed by atoms with Crippen molar-refractivity contribution in [2.75, 3.05) is 11.9 Å². The third-order valence-electron chi connectivity index (χ3n) is 4.77. The van der Waals surface area contributed by atoms with E-state index >= 15 is 0 Å². The SMILES string of the molecule is C[C@@H](O)CNc1nc2c(c(=O)[nH]c(=O)n2C)n1Cc1cccc2ccccc12. The third kappa shape index (κ3) is 3.07. The highest BCUT2D eigenvalue weighted by Crippen LogP contribution is 2.23. The van der Waals surface area contributed by atoms with E-state index in [2.05, 4.69) is 15.3 Å². The number of hydrogen-bond donors (Lipinski definition) is 3. The van der Waals surface area contributed by atoms with Gasteiger partial charge in [-0.2, -0.15) is 4.98 Å². The van der Waals surface area contributed by atoms with Crippen molar-refractivity contribution in [3.63, 3.8) is 0 Å². The van der Waals surface area contributed by atoms with Crippen molar-refractivity contribution in [2.24, 2.45) is 7.05 Å². The normalized spacial score (nSPS) is 12.5. The van der Waals surface area contributed by atoms with Gasteiger partial charge in [-0.05, 0) is 23.3 Å². The quantitative estimate of drug-likeness (QED) is 0.486. The lowest BCUT2D eigenvalue weighted by Gasteiger charge is -2.13. The maximum Gasteiger partial charge on any atom is 0.329 e. The van der Waals surface area contributed by atoms with E-state index in [1.54, 1.807) is 18.5 Å². The second-order valence-electron chi connectivity index (χ2n) is 6.88. The van der Waals surface area contributed by atoms with E-state index in [1.165, 1.54) is 4.57 Å². The summed E-state index contributed by atoms with van der Waals surface area (Å²) in [6.07, 6.45) is -0.590. The Balaban J connectivity index is 1.93. The van der Waals surface area contributed by atoms with Gasteiger partial charge in [0, 0.05) is 13.6 Å². The molecule has 0 radical (unpaired) electrons. The number of aromatic nitrogens is 4. The van der Waals surface area contributed by atoms with Crippen LogP contribution in [0.3, 0.4) is 0 Å². The zero-order valence-corrected chi connectivity index (χ0v) is 15.6. The Kier molecular flexibility index (Phi) is 4.48. The molecule has 0 aliphatic heterocycles.